The Morgan fingerprint density at radius 2 is 0.842 bits per heavy atom. The lowest BCUT2D eigenvalue weighted by Crippen LogP contribution is -2.62. The van der Waals surface area contributed by atoms with E-state index in [0.717, 1.165) is 0 Å². The molecule has 0 aliphatic heterocycles. The highest BCUT2D eigenvalue weighted by Crippen LogP contribution is 2.26. The topological polar surface area (TPSA) is 36.9 Å². The molecule has 0 spiro atoms. The van der Waals surface area contributed by atoms with E-state index in [2.05, 4.69) is 65.5 Å². The average Bonchev–Trinajstić information content (AvgIpc) is 1.90. The molecule has 0 unspecified atom stereocenters. The van der Waals surface area contributed by atoms with Crippen molar-refractivity contribution in [3.63, 3.8) is 0 Å². The fraction of sp³-hybridized carbons (Fsp3) is 1.00. The lowest BCUT2D eigenvalue weighted by atomic mass is 11.8. The normalized spacial score (nSPS) is 15.5. The first-order valence-electron chi connectivity index (χ1n) is 6.92. The van der Waals surface area contributed by atoms with Crippen LogP contribution in [0.5, 0.6) is 0 Å². The standard InChI is InChI=1S/C10H32O4Si5/c1-15-11-19(12-16(2,3)4,13-17(5,6)7)14-18(8,9)10/h15H2,1-10H3. The average molecular weight is 357 g/mol. The molecule has 0 aromatic rings. The largest absolute Gasteiger partial charge is 0.636 e. The highest BCUT2D eigenvalue weighted by molar-refractivity contribution is 6.88. The van der Waals surface area contributed by atoms with Crippen LogP contribution >= 0.6 is 0 Å². The van der Waals surface area contributed by atoms with Crippen molar-refractivity contribution in [1.82, 2.24) is 0 Å². The van der Waals surface area contributed by atoms with Crippen LogP contribution in [0.3, 0.4) is 0 Å². The zero-order valence-electron chi connectivity index (χ0n) is 14.3. The summed E-state index contributed by atoms with van der Waals surface area (Å²) in [5, 5.41) is 0. The van der Waals surface area contributed by atoms with Crippen LogP contribution in [0.15, 0.2) is 0 Å². The van der Waals surface area contributed by atoms with Gasteiger partial charge in [0.05, 0.1) is 0 Å². The molecule has 0 aliphatic carbocycles. The molecule has 0 aliphatic rings. The number of rotatable bonds is 8. The molecule has 0 fully saturated rings. The van der Waals surface area contributed by atoms with Gasteiger partial charge < -0.3 is 16.5 Å². The summed E-state index contributed by atoms with van der Waals surface area (Å²) in [6, 6.07) is 0. The Morgan fingerprint density at radius 3 is 1.00 bits per heavy atom. The highest BCUT2D eigenvalue weighted by atomic mass is 28.5. The van der Waals surface area contributed by atoms with Crippen molar-refractivity contribution in [3.8, 4) is 0 Å². The summed E-state index contributed by atoms with van der Waals surface area (Å²) in [5.41, 5.74) is 0. The van der Waals surface area contributed by atoms with Gasteiger partial charge in [-0.3, -0.25) is 0 Å². The van der Waals surface area contributed by atoms with Gasteiger partial charge in [0.15, 0.2) is 34.7 Å². The Balaban J connectivity index is 5.34. The van der Waals surface area contributed by atoms with Crippen molar-refractivity contribution >= 4 is 43.8 Å². The molecule has 0 bridgehead atoms. The summed E-state index contributed by atoms with van der Waals surface area (Å²) < 4.78 is 25.1. The number of hydrogen-bond acceptors (Lipinski definition) is 4. The van der Waals surface area contributed by atoms with Gasteiger partial charge in [-0.25, -0.2) is 0 Å². The SMILES string of the molecule is C[SiH2]O[Si](O[Si](C)(C)C)(O[Si](C)(C)C)O[Si](C)(C)C. The first kappa shape index (κ1) is 19.9. The fourth-order valence-corrected chi connectivity index (χ4v) is 15.8. The molecule has 0 aromatic heterocycles. The third-order valence-electron chi connectivity index (χ3n) is 1.61. The van der Waals surface area contributed by atoms with Crippen LogP contribution in [0, 0.1) is 0 Å². The van der Waals surface area contributed by atoms with Gasteiger partial charge in [0.25, 0.3) is 0 Å². The van der Waals surface area contributed by atoms with E-state index in [4.69, 9.17) is 16.5 Å². The molecule has 0 N–H and O–H groups in total. The van der Waals surface area contributed by atoms with E-state index in [1.54, 1.807) is 0 Å². The predicted molar refractivity (Wildman–Crippen MR) is 94.5 cm³/mol. The number of hydrogen-bond donors (Lipinski definition) is 0. The van der Waals surface area contributed by atoms with Gasteiger partial charge in [0.2, 0.25) is 0 Å². The minimum atomic E-state index is -2.95. The summed E-state index contributed by atoms with van der Waals surface area (Å²) in [6.07, 6.45) is 0. The molecule has 0 aromatic carbocycles. The van der Waals surface area contributed by atoms with E-state index in [1.165, 1.54) is 0 Å². The molecule has 4 nitrogen and oxygen atoms in total. The maximum Gasteiger partial charge on any atom is 0.636 e. The maximum atomic E-state index is 6.33. The molecule has 0 radical (unpaired) electrons. The van der Waals surface area contributed by atoms with Crippen LogP contribution in [-0.4, -0.2) is 43.8 Å². The second kappa shape index (κ2) is 6.79. The van der Waals surface area contributed by atoms with Crippen LogP contribution in [0.4, 0.5) is 0 Å². The van der Waals surface area contributed by atoms with E-state index in [9.17, 15) is 0 Å². The van der Waals surface area contributed by atoms with E-state index in [1.807, 2.05) is 0 Å². The Bertz CT molecular complexity index is 238. The van der Waals surface area contributed by atoms with Gasteiger partial charge in [0, 0.05) is 0 Å². The van der Waals surface area contributed by atoms with Gasteiger partial charge in [-0.1, -0.05) is 6.55 Å². The van der Waals surface area contributed by atoms with Crippen molar-refractivity contribution in [3.05, 3.63) is 0 Å². The third-order valence-corrected chi connectivity index (χ3v) is 14.5. The maximum absolute atomic E-state index is 6.33. The van der Waals surface area contributed by atoms with Crippen molar-refractivity contribution in [2.24, 2.45) is 0 Å². The second-order valence-electron chi connectivity index (χ2n) is 7.58. The molecule has 0 atom stereocenters. The third kappa shape index (κ3) is 10.3. The monoisotopic (exact) mass is 356 g/mol. The Hall–Kier alpha value is 0.924. The zero-order chi connectivity index (χ0) is 15.5. The Labute approximate surface area is 126 Å². The van der Waals surface area contributed by atoms with Gasteiger partial charge in [-0.2, -0.15) is 0 Å². The summed E-state index contributed by atoms with van der Waals surface area (Å²) in [4.78, 5) is 0. The van der Waals surface area contributed by atoms with Crippen molar-refractivity contribution in [1.29, 1.82) is 0 Å². The van der Waals surface area contributed by atoms with Gasteiger partial charge in [0.1, 0.15) is 0 Å². The van der Waals surface area contributed by atoms with Crippen LogP contribution in [-0.2, 0) is 16.5 Å². The minimum Gasteiger partial charge on any atom is -0.402 e. The molecule has 116 valence electrons. The molecule has 9 heteroatoms. The summed E-state index contributed by atoms with van der Waals surface area (Å²) in [6.45, 7) is 21.6. The van der Waals surface area contributed by atoms with E-state index < -0.39 is 43.8 Å². The lowest BCUT2D eigenvalue weighted by Gasteiger charge is -2.41. The molecule has 0 heterocycles. The molecule has 0 saturated carbocycles. The molecule has 19 heavy (non-hydrogen) atoms. The van der Waals surface area contributed by atoms with Gasteiger partial charge in [-0.15, -0.1) is 0 Å². The summed E-state index contributed by atoms with van der Waals surface area (Å²) in [5.74, 6) is 0. The molecule has 0 amide bonds. The molecule has 0 rings (SSSR count). The van der Waals surface area contributed by atoms with Gasteiger partial charge in [-0.05, 0) is 58.9 Å². The van der Waals surface area contributed by atoms with E-state index in [0.29, 0.717) is 0 Å². The smallest absolute Gasteiger partial charge is 0.402 e. The summed E-state index contributed by atoms with van der Waals surface area (Å²) in [7, 11) is -8.93. The quantitative estimate of drug-likeness (QED) is 0.626. The van der Waals surface area contributed by atoms with Gasteiger partial charge >= 0.3 is 9.05 Å². The van der Waals surface area contributed by atoms with E-state index >= 15 is 0 Å². The molecular weight excluding hydrogens is 325 g/mol. The van der Waals surface area contributed by atoms with Crippen LogP contribution in [0.25, 0.3) is 0 Å². The van der Waals surface area contributed by atoms with E-state index in [-0.39, 0.29) is 0 Å². The first-order chi connectivity index (χ1) is 8.18. The van der Waals surface area contributed by atoms with Crippen LogP contribution in [0.2, 0.25) is 65.5 Å². The predicted octanol–water partition coefficient (Wildman–Crippen LogP) is 3.13. The molecule has 0 saturated heterocycles. The van der Waals surface area contributed by atoms with Crippen molar-refractivity contribution in [2.45, 2.75) is 65.5 Å². The Morgan fingerprint density at radius 1 is 0.579 bits per heavy atom. The zero-order valence-corrected chi connectivity index (χ0v) is 19.8. The second-order valence-corrected chi connectivity index (χ2v) is 25.4. The summed E-state index contributed by atoms with van der Waals surface area (Å²) >= 11 is 0. The Kier molecular flexibility index (Phi) is 7.12. The first-order valence-corrected chi connectivity index (χ1v) is 20.8. The van der Waals surface area contributed by atoms with Crippen LogP contribution < -0.4 is 0 Å². The minimum absolute atomic E-state index is 0.644. The van der Waals surface area contributed by atoms with Crippen molar-refractivity contribution < 1.29 is 16.5 Å². The van der Waals surface area contributed by atoms with Crippen molar-refractivity contribution in [2.75, 3.05) is 0 Å². The van der Waals surface area contributed by atoms with Crippen LogP contribution in [0.1, 0.15) is 0 Å². The fourth-order valence-electron chi connectivity index (χ4n) is 1.45. The molecular formula is C10H32O4Si5. The lowest BCUT2D eigenvalue weighted by molar-refractivity contribution is 0.156. The highest BCUT2D eigenvalue weighted by Gasteiger charge is 2.52.